The molecule has 0 spiro atoms. The zero-order chi connectivity index (χ0) is 22.7. The van der Waals surface area contributed by atoms with Crippen molar-refractivity contribution in [3.63, 3.8) is 0 Å². The van der Waals surface area contributed by atoms with E-state index in [2.05, 4.69) is 10.3 Å². The summed E-state index contributed by atoms with van der Waals surface area (Å²) in [7, 11) is 0. The molecule has 1 aromatic heterocycles. The molecule has 5 nitrogen and oxygen atoms in total. The minimum Gasteiger partial charge on any atom is -0.300 e. The van der Waals surface area contributed by atoms with Gasteiger partial charge in [0.1, 0.15) is 10.9 Å². The Bertz CT molecular complexity index is 1210. The Morgan fingerprint density at radius 2 is 1.75 bits per heavy atom. The van der Waals surface area contributed by atoms with E-state index in [1.54, 1.807) is 24.4 Å². The molecule has 162 valence electrons. The van der Waals surface area contributed by atoms with Crippen molar-refractivity contribution in [2.45, 2.75) is 6.42 Å². The smallest absolute Gasteiger partial charge is 0.266 e. The number of amides is 2. The van der Waals surface area contributed by atoms with Crippen molar-refractivity contribution < 1.29 is 9.59 Å². The minimum absolute atomic E-state index is 0.172. The van der Waals surface area contributed by atoms with Gasteiger partial charge in [0, 0.05) is 27.5 Å². The van der Waals surface area contributed by atoms with Crippen LogP contribution in [0, 0.1) is 0 Å². The number of thiocarbonyl (C=S) groups is 1. The minimum atomic E-state index is -0.360. The van der Waals surface area contributed by atoms with Crippen LogP contribution in [0.2, 0.25) is 10.0 Å². The fourth-order valence-electron chi connectivity index (χ4n) is 2.90. The van der Waals surface area contributed by atoms with Crippen molar-refractivity contribution >= 4 is 85.9 Å². The summed E-state index contributed by atoms with van der Waals surface area (Å²) in [5, 5.41) is 4.52. The van der Waals surface area contributed by atoms with E-state index in [9.17, 15) is 9.59 Å². The molecule has 1 fully saturated rings. The summed E-state index contributed by atoms with van der Waals surface area (Å²) < 4.78 is 0.341. The summed E-state index contributed by atoms with van der Waals surface area (Å²) in [5.74, 6) is -0.658. The first kappa shape index (κ1) is 22.9. The third-order valence-electron chi connectivity index (χ3n) is 4.43. The van der Waals surface area contributed by atoms with E-state index >= 15 is 0 Å². The number of thiazole rings is 1. The standard InChI is InChI=1S/C22H15Cl2N3O2S3/c23-15-5-1-13(2-6-15)9-17-11-25-21(31-17)26-19(28)12-27-20(29)18(32-22(27)30)10-14-3-7-16(24)8-4-14/h1-8,10-11H,9,12H2,(H,25,26,28)/b18-10+. The van der Waals surface area contributed by atoms with E-state index < -0.39 is 0 Å². The predicted molar refractivity (Wildman–Crippen MR) is 136 cm³/mol. The van der Waals surface area contributed by atoms with E-state index in [4.69, 9.17) is 35.4 Å². The Labute approximate surface area is 208 Å². The molecule has 0 atom stereocenters. The number of nitrogens with one attached hydrogen (secondary N) is 1. The summed E-state index contributed by atoms with van der Waals surface area (Å²) in [6, 6.07) is 14.7. The van der Waals surface area contributed by atoms with Gasteiger partial charge in [0.05, 0.1) is 4.91 Å². The number of rotatable bonds is 6. The molecule has 0 aliphatic carbocycles. The van der Waals surface area contributed by atoms with Crippen molar-refractivity contribution in [2.24, 2.45) is 0 Å². The molecule has 1 N–H and O–H groups in total. The van der Waals surface area contributed by atoms with E-state index in [1.807, 2.05) is 36.4 Å². The van der Waals surface area contributed by atoms with Crippen LogP contribution in [0.1, 0.15) is 16.0 Å². The highest BCUT2D eigenvalue weighted by Crippen LogP contribution is 2.32. The molecule has 3 aromatic rings. The Morgan fingerprint density at radius 1 is 1.09 bits per heavy atom. The van der Waals surface area contributed by atoms with Gasteiger partial charge >= 0.3 is 0 Å². The summed E-state index contributed by atoms with van der Waals surface area (Å²) in [6.07, 6.45) is 4.15. The number of aromatic nitrogens is 1. The first-order chi connectivity index (χ1) is 15.4. The molecule has 4 rings (SSSR count). The highest BCUT2D eigenvalue weighted by molar-refractivity contribution is 8.26. The van der Waals surface area contributed by atoms with Crippen molar-refractivity contribution in [3.8, 4) is 0 Å². The second-order valence-corrected chi connectivity index (χ2v) is 10.5. The Morgan fingerprint density at radius 3 is 2.44 bits per heavy atom. The molecule has 2 amide bonds. The van der Waals surface area contributed by atoms with Gasteiger partial charge in [0.2, 0.25) is 5.91 Å². The zero-order valence-corrected chi connectivity index (χ0v) is 20.3. The van der Waals surface area contributed by atoms with Crippen LogP contribution in [0.3, 0.4) is 0 Å². The van der Waals surface area contributed by atoms with Gasteiger partial charge in [-0.1, -0.05) is 71.4 Å². The van der Waals surface area contributed by atoms with E-state index in [0.717, 1.165) is 16.0 Å². The van der Waals surface area contributed by atoms with Gasteiger partial charge in [0.25, 0.3) is 5.91 Å². The van der Waals surface area contributed by atoms with E-state index in [-0.39, 0.29) is 18.4 Å². The number of benzene rings is 2. The molecule has 1 aliphatic rings. The lowest BCUT2D eigenvalue weighted by molar-refractivity contribution is -0.126. The lowest BCUT2D eigenvalue weighted by Gasteiger charge is -2.13. The highest BCUT2D eigenvalue weighted by Gasteiger charge is 2.33. The molecule has 1 saturated heterocycles. The Kier molecular flexibility index (Phi) is 7.27. The maximum atomic E-state index is 12.7. The molecule has 0 radical (unpaired) electrons. The number of hydrogen-bond acceptors (Lipinski definition) is 6. The van der Waals surface area contributed by atoms with Crippen LogP contribution >= 0.6 is 58.5 Å². The first-order valence-electron chi connectivity index (χ1n) is 9.37. The highest BCUT2D eigenvalue weighted by atomic mass is 35.5. The number of thioether (sulfide) groups is 1. The fourth-order valence-corrected chi connectivity index (χ4v) is 5.27. The summed E-state index contributed by atoms with van der Waals surface area (Å²) in [5.41, 5.74) is 1.93. The Hall–Kier alpha value is -2.23. The van der Waals surface area contributed by atoms with Crippen molar-refractivity contribution in [3.05, 3.63) is 85.7 Å². The van der Waals surface area contributed by atoms with Gasteiger partial charge < -0.3 is 5.32 Å². The number of carbonyl (C=O) groups is 2. The van der Waals surface area contributed by atoms with Crippen LogP contribution in [-0.2, 0) is 16.0 Å². The monoisotopic (exact) mass is 519 g/mol. The quantitative estimate of drug-likeness (QED) is 0.325. The molecule has 2 heterocycles. The number of carbonyl (C=O) groups excluding carboxylic acids is 2. The average Bonchev–Trinajstić information content (AvgIpc) is 3.30. The van der Waals surface area contributed by atoms with Crippen LogP contribution in [-0.4, -0.2) is 32.6 Å². The van der Waals surface area contributed by atoms with Gasteiger partial charge in [-0.2, -0.15) is 0 Å². The molecule has 0 unspecified atom stereocenters. The molecule has 0 bridgehead atoms. The van der Waals surface area contributed by atoms with E-state index in [1.165, 1.54) is 28.0 Å². The van der Waals surface area contributed by atoms with Crippen LogP contribution in [0.4, 0.5) is 5.13 Å². The Balaban J connectivity index is 1.36. The summed E-state index contributed by atoms with van der Waals surface area (Å²) in [4.78, 5) is 32.2. The lowest BCUT2D eigenvalue weighted by Crippen LogP contribution is -2.36. The van der Waals surface area contributed by atoms with Gasteiger partial charge in [-0.15, -0.1) is 11.3 Å². The maximum Gasteiger partial charge on any atom is 0.266 e. The number of halogens is 2. The third-order valence-corrected chi connectivity index (χ3v) is 7.23. The summed E-state index contributed by atoms with van der Waals surface area (Å²) >= 11 is 19.7. The van der Waals surface area contributed by atoms with Gasteiger partial charge in [0.15, 0.2) is 5.13 Å². The second kappa shape index (κ2) is 10.1. The molecular formula is C22H15Cl2N3O2S3. The van der Waals surface area contributed by atoms with Gasteiger partial charge in [-0.25, -0.2) is 4.98 Å². The van der Waals surface area contributed by atoms with Crippen molar-refractivity contribution in [1.29, 1.82) is 0 Å². The predicted octanol–water partition coefficient (Wildman–Crippen LogP) is 5.88. The van der Waals surface area contributed by atoms with Crippen LogP contribution in [0.15, 0.2) is 59.6 Å². The molecule has 0 saturated carbocycles. The first-order valence-corrected chi connectivity index (χ1v) is 12.2. The van der Waals surface area contributed by atoms with Crippen molar-refractivity contribution in [1.82, 2.24) is 9.88 Å². The maximum absolute atomic E-state index is 12.7. The van der Waals surface area contributed by atoms with Crippen LogP contribution in [0.5, 0.6) is 0 Å². The van der Waals surface area contributed by atoms with Crippen molar-refractivity contribution in [2.75, 3.05) is 11.9 Å². The average molecular weight is 520 g/mol. The van der Waals surface area contributed by atoms with Gasteiger partial charge in [-0.3, -0.25) is 14.5 Å². The molecule has 32 heavy (non-hydrogen) atoms. The fraction of sp³-hybridized carbons (Fsp3) is 0.0909. The second-order valence-electron chi connectivity index (χ2n) is 6.80. The SMILES string of the molecule is O=C(CN1C(=O)/C(=C\c2ccc(Cl)cc2)SC1=S)Nc1ncc(Cc2ccc(Cl)cc2)s1. The van der Waals surface area contributed by atoms with Crippen LogP contribution < -0.4 is 5.32 Å². The number of nitrogens with zero attached hydrogens (tertiary/aromatic N) is 2. The van der Waals surface area contributed by atoms with E-state index in [0.29, 0.717) is 30.8 Å². The summed E-state index contributed by atoms with van der Waals surface area (Å²) in [6.45, 7) is -0.172. The molecular weight excluding hydrogens is 505 g/mol. The van der Waals surface area contributed by atoms with Crippen LogP contribution in [0.25, 0.3) is 6.08 Å². The molecule has 10 heteroatoms. The molecule has 2 aromatic carbocycles. The topological polar surface area (TPSA) is 62.3 Å². The lowest BCUT2D eigenvalue weighted by atomic mass is 10.1. The zero-order valence-electron chi connectivity index (χ0n) is 16.4. The largest absolute Gasteiger partial charge is 0.300 e. The number of hydrogen-bond donors (Lipinski definition) is 1. The molecule has 1 aliphatic heterocycles. The normalized spacial score (nSPS) is 14.9. The third kappa shape index (κ3) is 5.76. The number of anilines is 1. The van der Waals surface area contributed by atoms with Gasteiger partial charge in [-0.05, 0) is 41.5 Å².